The lowest BCUT2D eigenvalue weighted by Crippen LogP contribution is -2.55. The number of rotatable bonds is 5. The van der Waals surface area contributed by atoms with E-state index in [9.17, 15) is 19.3 Å². The summed E-state index contributed by atoms with van der Waals surface area (Å²) in [6.07, 6.45) is -2.10. The van der Waals surface area contributed by atoms with Gasteiger partial charge in [-0.15, -0.1) is 0 Å². The second-order valence-electron chi connectivity index (χ2n) is 5.49. The van der Waals surface area contributed by atoms with Gasteiger partial charge in [-0.2, -0.15) is 0 Å². The minimum Gasteiger partial charge on any atom is -0.390 e. The van der Waals surface area contributed by atoms with Crippen molar-refractivity contribution in [3.05, 3.63) is 0 Å². The highest BCUT2D eigenvalue weighted by Crippen LogP contribution is 2.37. The number of imide groups is 1. The normalized spacial score (nSPS) is 33.2. The molecule has 0 spiro atoms. The van der Waals surface area contributed by atoms with Crippen LogP contribution in [-0.4, -0.2) is 69.7 Å². The van der Waals surface area contributed by atoms with E-state index in [4.69, 9.17) is 14.5 Å². The first-order valence-electron chi connectivity index (χ1n) is 6.79. The number of aliphatic hydroxyl groups is 1. The zero-order valence-corrected chi connectivity index (χ0v) is 12.8. The molecule has 10 nitrogen and oxygen atoms in total. The minimum absolute atomic E-state index is 0.174. The molecule has 126 valence electrons. The van der Waals surface area contributed by atoms with Crippen LogP contribution in [0.25, 0.3) is 0 Å². The molecule has 0 saturated carbocycles. The summed E-state index contributed by atoms with van der Waals surface area (Å²) >= 11 is 0. The Morgan fingerprint density at radius 2 is 2.14 bits per heavy atom. The molecule has 2 rings (SSSR count). The topological polar surface area (TPSA) is 146 Å². The van der Waals surface area contributed by atoms with Crippen molar-refractivity contribution in [2.24, 2.45) is 5.92 Å². The van der Waals surface area contributed by atoms with E-state index in [0.29, 0.717) is 0 Å². The average molecular weight is 338 g/mol. The largest absolute Gasteiger partial charge is 0.469 e. The van der Waals surface area contributed by atoms with Gasteiger partial charge in [-0.3, -0.25) is 14.6 Å². The molecular formula is C11H19N2O8P. The SMILES string of the molecule is CC1CN(C[C@@H]2C[C@@H](O)[C@H](COP(=O)(O)O)O2)C(=O)NC1=O. The average Bonchev–Trinajstić information content (AvgIpc) is 2.73. The number of aliphatic hydroxyl groups excluding tert-OH is 1. The molecular weight excluding hydrogens is 319 g/mol. The van der Waals surface area contributed by atoms with Crippen LogP contribution >= 0.6 is 7.82 Å². The van der Waals surface area contributed by atoms with Crippen molar-refractivity contribution in [1.29, 1.82) is 0 Å². The van der Waals surface area contributed by atoms with Gasteiger partial charge in [0.05, 0.1) is 24.7 Å². The molecule has 0 bridgehead atoms. The van der Waals surface area contributed by atoms with Gasteiger partial charge < -0.3 is 24.5 Å². The highest BCUT2D eigenvalue weighted by Gasteiger charge is 2.38. The number of phosphoric ester groups is 1. The van der Waals surface area contributed by atoms with Crippen molar-refractivity contribution in [2.45, 2.75) is 31.7 Å². The zero-order chi connectivity index (χ0) is 16.5. The number of carbonyl (C=O) groups excluding carboxylic acids is 2. The van der Waals surface area contributed by atoms with Gasteiger partial charge >= 0.3 is 13.9 Å². The molecule has 0 aromatic rings. The Balaban J connectivity index is 1.86. The quantitative estimate of drug-likeness (QED) is 0.457. The summed E-state index contributed by atoms with van der Waals surface area (Å²) in [6.45, 7) is 1.68. The fourth-order valence-electron chi connectivity index (χ4n) is 2.46. The molecule has 0 aliphatic carbocycles. The molecule has 2 aliphatic heterocycles. The predicted molar refractivity (Wildman–Crippen MR) is 71.6 cm³/mol. The number of nitrogens with zero attached hydrogens (tertiary/aromatic N) is 1. The lowest BCUT2D eigenvalue weighted by atomic mass is 10.1. The standard InChI is InChI=1S/C11H19N2O8P/c1-6-3-13(11(16)12-10(6)15)4-7-2-8(14)9(21-7)5-20-22(17,18)19/h6-9,14H,2-5H2,1H3,(H,12,15,16)(H2,17,18,19)/t6?,7-,8+,9-/m0/s1. The van der Waals surface area contributed by atoms with Gasteiger partial charge in [0, 0.05) is 19.5 Å². The monoisotopic (exact) mass is 338 g/mol. The molecule has 0 aromatic carbocycles. The van der Waals surface area contributed by atoms with Crippen LogP contribution in [0.3, 0.4) is 0 Å². The highest BCUT2D eigenvalue weighted by molar-refractivity contribution is 7.46. The van der Waals surface area contributed by atoms with Crippen LogP contribution in [0, 0.1) is 5.92 Å². The van der Waals surface area contributed by atoms with Crippen molar-refractivity contribution >= 4 is 19.8 Å². The maximum absolute atomic E-state index is 11.7. The Hall–Kier alpha value is -1.03. The van der Waals surface area contributed by atoms with Crippen molar-refractivity contribution < 1.29 is 38.3 Å². The van der Waals surface area contributed by atoms with E-state index < -0.39 is 38.8 Å². The molecule has 2 fully saturated rings. The van der Waals surface area contributed by atoms with Gasteiger partial charge in [-0.05, 0) is 0 Å². The number of amides is 3. The van der Waals surface area contributed by atoms with Crippen LogP contribution in [0.1, 0.15) is 13.3 Å². The third-order valence-corrected chi connectivity index (χ3v) is 4.08. The lowest BCUT2D eigenvalue weighted by Gasteiger charge is -2.32. The molecule has 0 radical (unpaired) electrons. The van der Waals surface area contributed by atoms with Gasteiger partial charge in [0.15, 0.2) is 0 Å². The van der Waals surface area contributed by atoms with Crippen molar-refractivity contribution in [2.75, 3.05) is 19.7 Å². The summed E-state index contributed by atoms with van der Waals surface area (Å²) in [5, 5.41) is 12.0. The third-order valence-electron chi connectivity index (χ3n) is 3.59. The Labute approximate surface area is 126 Å². The first-order valence-corrected chi connectivity index (χ1v) is 8.32. The van der Waals surface area contributed by atoms with Crippen LogP contribution in [0.4, 0.5) is 4.79 Å². The summed E-state index contributed by atoms with van der Waals surface area (Å²) in [5.41, 5.74) is 0. The number of phosphoric acid groups is 1. The Kier molecular flexibility index (Phi) is 5.21. The van der Waals surface area contributed by atoms with Crippen molar-refractivity contribution in [1.82, 2.24) is 10.2 Å². The fraction of sp³-hybridized carbons (Fsp3) is 0.818. The molecule has 1 unspecified atom stereocenters. The van der Waals surface area contributed by atoms with Gasteiger partial charge in [-0.25, -0.2) is 9.36 Å². The van der Waals surface area contributed by atoms with E-state index in [1.165, 1.54) is 4.90 Å². The Morgan fingerprint density at radius 1 is 1.45 bits per heavy atom. The second kappa shape index (κ2) is 6.61. The predicted octanol–water partition coefficient (Wildman–Crippen LogP) is -1.20. The van der Waals surface area contributed by atoms with Gasteiger partial charge in [0.25, 0.3) is 0 Å². The molecule has 11 heteroatoms. The van der Waals surface area contributed by atoms with Crippen LogP contribution in [0.2, 0.25) is 0 Å². The van der Waals surface area contributed by atoms with E-state index in [1.54, 1.807) is 6.92 Å². The number of carbonyl (C=O) groups is 2. The summed E-state index contributed by atoms with van der Waals surface area (Å²) in [5.74, 6) is -0.667. The zero-order valence-electron chi connectivity index (χ0n) is 11.9. The van der Waals surface area contributed by atoms with E-state index in [2.05, 4.69) is 9.84 Å². The minimum atomic E-state index is -4.63. The smallest absolute Gasteiger partial charge is 0.390 e. The van der Waals surface area contributed by atoms with Crippen LogP contribution < -0.4 is 5.32 Å². The van der Waals surface area contributed by atoms with Gasteiger partial charge in [0.2, 0.25) is 5.91 Å². The molecule has 22 heavy (non-hydrogen) atoms. The third kappa shape index (κ3) is 4.48. The Bertz CT molecular complexity index is 494. The molecule has 2 saturated heterocycles. The Morgan fingerprint density at radius 3 is 2.77 bits per heavy atom. The van der Waals surface area contributed by atoms with Crippen LogP contribution in [0.5, 0.6) is 0 Å². The summed E-state index contributed by atoms with van der Waals surface area (Å²) in [4.78, 5) is 41.7. The van der Waals surface area contributed by atoms with E-state index in [1.807, 2.05) is 0 Å². The van der Waals surface area contributed by atoms with Gasteiger partial charge in [-0.1, -0.05) is 6.92 Å². The summed E-state index contributed by atoms with van der Waals surface area (Å²) in [7, 11) is -4.63. The maximum atomic E-state index is 11.7. The van der Waals surface area contributed by atoms with E-state index >= 15 is 0 Å². The number of ether oxygens (including phenoxy) is 1. The van der Waals surface area contributed by atoms with Crippen LogP contribution in [0.15, 0.2) is 0 Å². The number of urea groups is 1. The van der Waals surface area contributed by atoms with E-state index in [-0.39, 0.29) is 31.3 Å². The molecule has 4 N–H and O–H groups in total. The first kappa shape index (κ1) is 17.3. The number of hydrogen-bond acceptors (Lipinski definition) is 6. The second-order valence-corrected chi connectivity index (χ2v) is 6.73. The molecule has 2 heterocycles. The first-order chi connectivity index (χ1) is 10.2. The lowest BCUT2D eigenvalue weighted by molar-refractivity contribution is -0.125. The summed E-state index contributed by atoms with van der Waals surface area (Å²) < 4.78 is 20.4. The number of hydrogen-bond donors (Lipinski definition) is 4. The molecule has 3 amide bonds. The number of nitrogens with one attached hydrogen (secondary N) is 1. The highest BCUT2D eigenvalue weighted by atomic mass is 31.2. The molecule has 0 aromatic heterocycles. The molecule has 2 aliphatic rings. The van der Waals surface area contributed by atoms with Gasteiger partial charge in [0.1, 0.15) is 6.10 Å². The van der Waals surface area contributed by atoms with Crippen LogP contribution in [-0.2, 0) is 18.6 Å². The van der Waals surface area contributed by atoms with E-state index in [0.717, 1.165) is 0 Å². The van der Waals surface area contributed by atoms with Crippen molar-refractivity contribution in [3.63, 3.8) is 0 Å². The maximum Gasteiger partial charge on any atom is 0.469 e. The summed E-state index contributed by atoms with van der Waals surface area (Å²) in [6, 6.07) is -0.517. The van der Waals surface area contributed by atoms with Crippen molar-refractivity contribution in [3.8, 4) is 0 Å². The fourth-order valence-corrected chi connectivity index (χ4v) is 2.80. The molecule has 4 atom stereocenters.